The summed E-state index contributed by atoms with van der Waals surface area (Å²) in [7, 11) is 0. The Labute approximate surface area is 163 Å². The van der Waals surface area contributed by atoms with Crippen LogP contribution in [0.15, 0.2) is 30.3 Å². The van der Waals surface area contributed by atoms with Crippen molar-refractivity contribution in [3.8, 4) is 0 Å². The SMILES string of the molecule is CCNC(=O)NC(=O)[C@@H](OC(=O)c1[nH]c(C)c([C@@H](C)O)c1C)c1ccccc1. The molecule has 8 heteroatoms. The second-order valence-corrected chi connectivity index (χ2v) is 6.38. The summed E-state index contributed by atoms with van der Waals surface area (Å²) in [6.45, 7) is 7.09. The lowest BCUT2D eigenvalue weighted by molar-refractivity contribution is -0.129. The molecule has 3 amide bonds. The Bertz CT molecular complexity index is 858. The van der Waals surface area contributed by atoms with Crippen molar-refractivity contribution in [3.05, 3.63) is 58.4 Å². The normalized spacial score (nSPS) is 12.8. The molecule has 2 atom stereocenters. The molecular formula is C20H25N3O5. The zero-order valence-electron chi connectivity index (χ0n) is 16.3. The molecular weight excluding hydrogens is 362 g/mol. The number of rotatable bonds is 6. The van der Waals surface area contributed by atoms with E-state index in [1.165, 1.54) is 0 Å². The molecule has 4 N–H and O–H groups in total. The van der Waals surface area contributed by atoms with E-state index in [1.54, 1.807) is 58.0 Å². The number of H-pyrrole nitrogens is 1. The number of aromatic amines is 1. The Kier molecular flexibility index (Phi) is 6.94. The van der Waals surface area contributed by atoms with E-state index in [1.807, 2.05) is 0 Å². The molecule has 2 aromatic rings. The van der Waals surface area contributed by atoms with Crippen molar-refractivity contribution in [1.29, 1.82) is 0 Å². The molecule has 1 aromatic heterocycles. The van der Waals surface area contributed by atoms with E-state index in [0.717, 1.165) is 0 Å². The number of carbonyl (C=O) groups excluding carboxylic acids is 3. The monoisotopic (exact) mass is 387 g/mol. The number of urea groups is 1. The number of aryl methyl sites for hydroxylation is 1. The Morgan fingerprint density at radius 3 is 2.36 bits per heavy atom. The van der Waals surface area contributed by atoms with Gasteiger partial charge in [0.25, 0.3) is 5.91 Å². The molecule has 0 radical (unpaired) electrons. The van der Waals surface area contributed by atoms with E-state index >= 15 is 0 Å². The molecule has 2 rings (SSSR count). The number of carbonyl (C=O) groups is 3. The van der Waals surface area contributed by atoms with Crippen molar-refractivity contribution >= 4 is 17.9 Å². The molecule has 0 saturated carbocycles. The number of aliphatic hydroxyl groups is 1. The topological polar surface area (TPSA) is 121 Å². The standard InChI is InChI=1S/C20H25N3O5/c1-5-21-20(27)23-18(25)17(14-9-7-6-8-10-14)28-19(26)16-11(2)15(13(4)24)12(3)22-16/h6-10,13,17,22,24H,5H2,1-4H3,(H2,21,23,25,27)/t13-,17+/m1/s1. The van der Waals surface area contributed by atoms with Gasteiger partial charge in [0.05, 0.1) is 6.10 Å². The van der Waals surface area contributed by atoms with Crippen LogP contribution in [-0.4, -0.2) is 34.5 Å². The van der Waals surface area contributed by atoms with E-state index in [4.69, 9.17) is 4.74 Å². The van der Waals surface area contributed by atoms with Gasteiger partial charge in [-0.25, -0.2) is 9.59 Å². The van der Waals surface area contributed by atoms with Crippen LogP contribution in [0.1, 0.15) is 58.9 Å². The van der Waals surface area contributed by atoms with E-state index in [9.17, 15) is 19.5 Å². The fourth-order valence-corrected chi connectivity index (χ4v) is 3.04. The third-order valence-electron chi connectivity index (χ3n) is 4.26. The molecule has 0 saturated heterocycles. The average molecular weight is 387 g/mol. The summed E-state index contributed by atoms with van der Waals surface area (Å²) in [5.74, 6) is -1.52. The number of aromatic nitrogens is 1. The van der Waals surface area contributed by atoms with Crippen molar-refractivity contribution in [2.45, 2.75) is 39.9 Å². The lowest BCUT2D eigenvalue weighted by atomic mass is 10.1. The molecule has 0 aliphatic heterocycles. The highest BCUT2D eigenvalue weighted by Crippen LogP contribution is 2.27. The van der Waals surface area contributed by atoms with E-state index < -0.39 is 30.1 Å². The van der Waals surface area contributed by atoms with Crippen LogP contribution in [0, 0.1) is 13.8 Å². The van der Waals surface area contributed by atoms with Gasteiger partial charge < -0.3 is 20.1 Å². The predicted octanol–water partition coefficient (Wildman–Crippen LogP) is 2.43. The molecule has 0 unspecified atom stereocenters. The highest BCUT2D eigenvalue weighted by molar-refractivity contribution is 5.99. The van der Waals surface area contributed by atoms with Gasteiger partial charge >= 0.3 is 12.0 Å². The van der Waals surface area contributed by atoms with Crippen molar-refractivity contribution in [1.82, 2.24) is 15.6 Å². The van der Waals surface area contributed by atoms with Gasteiger partial charge in [-0.3, -0.25) is 10.1 Å². The predicted molar refractivity (Wildman–Crippen MR) is 103 cm³/mol. The first-order valence-corrected chi connectivity index (χ1v) is 8.98. The van der Waals surface area contributed by atoms with Gasteiger partial charge in [0, 0.05) is 23.4 Å². The Hall–Kier alpha value is -3.13. The molecule has 0 spiro atoms. The van der Waals surface area contributed by atoms with Gasteiger partial charge in [-0.2, -0.15) is 0 Å². The number of hydrogen-bond donors (Lipinski definition) is 4. The smallest absolute Gasteiger partial charge is 0.356 e. The van der Waals surface area contributed by atoms with Crippen molar-refractivity contribution < 1.29 is 24.2 Å². The Morgan fingerprint density at radius 2 is 1.82 bits per heavy atom. The van der Waals surface area contributed by atoms with Crippen molar-refractivity contribution in [3.63, 3.8) is 0 Å². The molecule has 28 heavy (non-hydrogen) atoms. The average Bonchev–Trinajstić information content (AvgIpc) is 2.94. The maximum Gasteiger partial charge on any atom is 0.356 e. The number of imide groups is 1. The summed E-state index contributed by atoms with van der Waals surface area (Å²) in [6.07, 6.45) is -2.07. The number of hydrogen-bond acceptors (Lipinski definition) is 5. The number of benzene rings is 1. The van der Waals surface area contributed by atoms with Crippen LogP contribution in [0.4, 0.5) is 4.79 Å². The van der Waals surface area contributed by atoms with E-state index in [0.29, 0.717) is 28.9 Å². The van der Waals surface area contributed by atoms with Gasteiger partial charge in [-0.1, -0.05) is 30.3 Å². The molecule has 0 fully saturated rings. The third kappa shape index (κ3) is 4.77. The Balaban J connectivity index is 2.30. The van der Waals surface area contributed by atoms with Gasteiger partial charge in [0.15, 0.2) is 0 Å². The lowest BCUT2D eigenvalue weighted by Gasteiger charge is -2.17. The first-order valence-electron chi connectivity index (χ1n) is 8.98. The lowest BCUT2D eigenvalue weighted by Crippen LogP contribution is -2.42. The zero-order valence-corrected chi connectivity index (χ0v) is 16.3. The number of nitrogens with one attached hydrogen (secondary N) is 3. The van der Waals surface area contributed by atoms with Crippen LogP contribution in [0.2, 0.25) is 0 Å². The maximum atomic E-state index is 12.7. The van der Waals surface area contributed by atoms with Crippen LogP contribution in [0.3, 0.4) is 0 Å². The quantitative estimate of drug-likeness (QED) is 0.567. The van der Waals surface area contributed by atoms with Crippen LogP contribution in [-0.2, 0) is 9.53 Å². The fraction of sp³-hybridized carbons (Fsp3) is 0.350. The summed E-state index contributed by atoms with van der Waals surface area (Å²) in [5.41, 5.74) is 2.38. The van der Waals surface area contributed by atoms with Gasteiger partial charge in [0.2, 0.25) is 6.10 Å². The van der Waals surface area contributed by atoms with Crippen LogP contribution in [0.5, 0.6) is 0 Å². The minimum atomic E-state index is -1.31. The molecule has 1 aromatic carbocycles. The third-order valence-corrected chi connectivity index (χ3v) is 4.26. The second kappa shape index (κ2) is 9.18. The summed E-state index contributed by atoms with van der Waals surface area (Å²) in [6, 6.07) is 7.74. The van der Waals surface area contributed by atoms with Crippen LogP contribution < -0.4 is 10.6 Å². The largest absolute Gasteiger partial charge is 0.443 e. The highest BCUT2D eigenvalue weighted by atomic mass is 16.5. The van der Waals surface area contributed by atoms with Gasteiger partial charge in [-0.15, -0.1) is 0 Å². The maximum absolute atomic E-state index is 12.7. The van der Waals surface area contributed by atoms with Crippen LogP contribution in [0.25, 0.3) is 0 Å². The fourth-order valence-electron chi connectivity index (χ4n) is 3.04. The minimum absolute atomic E-state index is 0.153. The minimum Gasteiger partial charge on any atom is -0.443 e. The highest BCUT2D eigenvalue weighted by Gasteiger charge is 2.29. The molecule has 1 heterocycles. The van der Waals surface area contributed by atoms with E-state index in [2.05, 4.69) is 15.6 Å². The first-order chi connectivity index (χ1) is 13.3. The molecule has 0 bridgehead atoms. The first kappa shape index (κ1) is 21.2. The number of ether oxygens (including phenoxy) is 1. The molecule has 0 aliphatic rings. The second-order valence-electron chi connectivity index (χ2n) is 6.38. The molecule has 8 nitrogen and oxygen atoms in total. The van der Waals surface area contributed by atoms with Gasteiger partial charge in [-0.05, 0) is 33.3 Å². The molecule has 150 valence electrons. The molecule has 0 aliphatic carbocycles. The number of aliphatic hydroxyl groups excluding tert-OH is 1. The summed E-state index contributed by atoms with van der Waals surface area (Å²) >= 11 is 0. The van der Waals surface area contributed by atoms with Crippen LogP contribution >= 0.6 is 0 Å². The Morgan fingerprint density at radius 1 is 1.18 bits per heavy atom. The van der Waals surface area contributed by atoms with Crippen molar-refractivity contribution in [2.24, 2.45) is 0 Å². The number of esters is 1. The zero-order chi connectivity index (χ0) is 20.8. The summed E-state index contributed by atoms with van der Waals surface area (Å²) in [5, 5.41) is 14.5. The summed E-state index contributed by atoms with van der Waals surface area (Å²) < 4.78 is 5.45. The number of amides is 3. The van der Waals surface area contributed by atoms with E-state index in [-0.39, 0.29) is 5.69 Å². The summed E-state index contributed by atoms with van der Waals surface area (Å²) in [4.78, 5) is 39.9. The van der Waals surface area contributed by atoms with Crippen molar-refractivity contribution in [2.75, 3.05) is 6.54 Å². The van der Waals surface area contributed by atoms with Gasteiger partial charge in [0.1, 0.15) is 5.69 Å².